The zero-order valence-corrected chi connectivity index (χ0v) is 23.4. The second-order valence-corrected chi connectivity index (χ2v) is 14.2. The van der Waals surface area contributed by atoms with E-state index in [0.717, 1.165) is 51.6 Å². The highest BCUT2D eigenvalue weighted by Gasteiger charge is 2.62. The first kappa shape index (κ1) is 26.9. The van der Waals surface area contributed by atoms with Crippen molar-refractivity contribution < 1.29 is 15.0 Å². The number of likely N-dealkylation sites (tertiary alicyclic amines) is 1. The largest absolute Gasteiger partial charge is 0.393 e. The first-order valence-electron chi connectivity index (χ1n) is 15.6. The molecular formula is C31H54N2O3. The van der Waals surface area contributed by atoms with Crippen molar-refractivity contribution in [2.75, 3.05) is 26.2 Å². The number of amides is 1. The molecule has 0 unspecified atom stereocenters. The normalized spacial score (nSPS) is 45.5. The molecule has 0 aromatic rings. The minimum Gasteiger partial charge on any atom is -0.393 e. The molecule has 1 heterocycles. The lowest BCUT2D eigenvalue weighted by molar-refractivity contribution is -0.174. The fourth-order valence-electron chi connectivity index (χ4n) is 10.4. The van der Waals surface area contributed by atoms with Crippen LogP contribution in [0.4, 0.5) is 0 Å². The number of aliphatic hydroxyl groups is 2. The van der Waals surface area contributed by atoms with E-state index in [1.807, 2.05) is 0 Å². The van der Waals surface area contributed by atoms with Gasteiger partial charge in [0.05, 0.1) is 12.2 Å². The van der Waals surface area contributed by atoms with Crippen LogP contribution in [0, 0.1) is 46.3 Å². The molecule has 10 atom stereocenters. The number of carbonyl (C=O) groups is 1. The fraction of sp³-hybridized carbons (Fsp3) is 0.968. The van der Waals surface area contributed by atoms with Crippen molar-refractivity contribution in [2.45, 2.75) is 116 Å². The van der Waals surface area contributed by atoms with Gasteiger partial charge in [-0.1, -0.05) is 20.8 Å². The molecule has 1 amide bonds. The molecule has 4 saturated carbocycles. The average molecular weight is 503 g/mol. The Morgan fingerprint density at radius 1 is 1.00 bits per heavy atom. The third-order valence-corrected chi connectivity index (χ3v) is 12.4. The maximum atomic E-state index is 12.6. The Labute approximate surface area is 220 Å². The Morgan fingerprint density at radius 2 is 1.72 bits per heavy atom. The molecule has 0 radical (unpaired) electrons. The molecule has 0 spiro atoms. The summed E-state index contributed by atoms with van der Waals surface area (Å²) in [4.78, 5) is 15.1. The topological polar surface area (TPSA) is 72.8 Å². The molecular weight excluding hydrogens is 448 g/mol. The molecule has 36 heavy (non-hydrogen) atoms. The van der Waals surface area contributed by atoms with Crippen molar-refractivity contribution in [1.82, 2.24) is 10.2 Å². The van der Waals surface area contributed by atoms with E-state index >= 15 is 0 Å². The molecule has 1 aliphatic heterocycles. The summed E-state index contributed by atoms with van der Waals surface area (Å²) >= 11 is 0. The molecule has 5 aliphatic rings. The minimum absolute atomic E-state index is 0.167. The standard InChI is InChI=1S/C31H54N2O3/c1-21(7-10-28(36)32-15-6-18-33-16-4-5-17-33)24-8-9-25-29-26(12-14-31(24,25)3)30(2)13-11-23(34)19-22(30)20-27(29)35/h21-27,29,34-35H,4-20H2,1-3H3,(H,32,36)/t21-,22+,23-,24-,25+,26+,27+,29+,30+,31-/m1/s1. The van der Waals surface area contributed by atoms with Gasteiger partial charge in [0.15, 0.2) is 0 Å². The highest BCUT2D eigenvalue weighted by Crippen LogP contribution is 2.68. The van der Waals surface area contributed by atoms with Crippen LogP contribution in [-0.2, 0) is 4.79 Å². The summed E-state index contributed by atoms with van der Waals surface area (Å²) in [5.41, 5.74) is 0.589. The smallest absolute Gasteiger partial charge is 0.220 e. The van der Waals surface area contributed by atoms with Crippen molar-refractivity contribution in [3.05, 3.63) is 0 Å². The van der Waals surface area contributed by atoms with Gasteiger partial charge in [-0.25, -0.2) is 0 Å². The average Bonchev–Trinajstić information content (AvgIpc) is 3.49. The predicted molar refractivity (Wildman–Crippen MR) is 144 cm³/mol. The van der Waals surface area contributed by atoms with Crippen LogP contribution in [-0.4, -0.2) is 59.4 Å². The first-order valence-corrected chi connectivity index (χ1v) is 15.6. The molecule has 0 bridgehead atoms. The van der Waals surface area contributed by atoms with E-state index < -0.39 is 0 Å². The number of hydrogen-bond donors (Lipinski definition) is 3. The van der Waals surface area contributed by atoms with E-state index in [1.54, 1.807) is 0 Å². The molecule has 3 N–H and O–H groups in total. The van der Waals surface area contributed by atoms with Crippen LogP contribution < -0.4 is 5.32 Å². The van der Waals surface area contributed by atoms with Gasteiger partial charge in [0.1, 0.15) is 0 Å². The zero-order valence-electron chi connectivity index (χ0n) is 23.4. The zero-order chi connectivity index (χ0) is 25.5. The van der Waals surface area contributed by atoms with Crippen molar-refractivity contribution in [3.8, 4) is 0 Å². The quantitative estimate of drug-likeness (QED) is 0.409. The van der Waals surface area contributed by atoms with Crippen molar-refractivity contribution >= 4 is 5.91 Å². The van der Waals surface area contributed by atoms with Crippen molar-refractivity contribution in [3.63, 3.8) is 0 Å². The molecule has 4 aliphatic carbocycles. The summed E-state index contributed by atoms with van der Waals surface area (Å²) in [5, 5.41) is 24.9. The van der Waals surface area contributed by atoms with Gasteiger partial charge in [-0.15, -0.1) is 0 Å². The summed E-state index contributed by atoms with van der Waals surface area (Å²) < 4.78 is 0. The van der Waals surface area contributed by atoms with Gasteiger partial charge < -0.3 is 20.4 Å². The van der Waals surface area contributed by atoms with Crippen LogP contribution in [0.15, 0.2) is 0 Å². The molecule has 0 aromatic carbocycles. The lowest BCUT2D eigenvalue weighted by Crippen LogP contribution is -2.58. The Kier molecular flexibility index (Phi) is 8.12. The van der Waals surface area contributed by atoms with Crippen LogP contribution in [0.5, 0.6) is 0 Å². The van der Waals surface area contributed by atoms with Crippen LogP contribution in [0.3, 0.4) is 0 Å². The maximum absolute atomic E-state index is 12.6. The van der Waals surface area contributed by atoms with Crippen LogP contribution in [0.2, 0.25) is 0 Å². The van der Waals surface area contributed by atoms with E-state index in [9.17, 15) is 15.0 Å². The molecule has 5 heteroatoms. The molecule has 206 valence electrons. The Morgan fingerprint density at radius 3 is 2.50 bits per heavy atom. The van der Waals surface area contributed by atoms with Gasteiger partial charge in [-0.2, -0.15) is 0 Å². The van der Waals surface area contributed by atoms with Crippen LogP contribution in [0.25, 0.3) is 0 Å². The van der Waals surface area contributed by atoms with E-state index in [1.165, 1.54) is 51.6 Å². The molecule has 5 rings (SSSR count). The lowest BCUT2D eigenvalue weighted by Gasteiger charge is -2.62. The third kappa shape index (κ3) is 5.02. The van der Waals surface area contributed by atoms with Gasteiger partial charge in [0, 0.05) is 13.0 Å². The van der Waals surface area contributed by atoms with E-state index in [2.05, 4.69) is 31.0 Å². The summed E-state index contributed by atoms with van der Waals surface area (Å²) in [5.74, 6) is 3.58. The third-order valence-electron chi connectivity index (χ3n) is 12.4. The van der Waals surface area contributed by atoms with Gasteiger partial charge in [0.2, 0.25) is 5.91 Å². The summed E-state index contributed by atoms with van der Waals surface area (Å²) in [6, 6.07) is 0. The van der Waals surface area contributed by atoms with Gasteiger partial charge in [-0.05, 0) is 143 Å². The first-order chi connectivity index (χ1) is 17.2. The Hall–Kier alpha value is -0.650. The van der Waals surface area contributed by atoms with Crippen molar-refractivity contribution in [2.24, 2.45) is 46.3 Å². The Balaban J connectivity index is 1.14. The number of fused-ring (bicyclic) bond motifs is 5. The number of aliphatic hydroxyl groups excluding tert-OH is 2. The van der Waals surface area contributed by atoms with E-state index in [-0.39, 0.29) is 18.1 Å². The highest BCUT2D eigenvalue weighted by molar-refractivity contribution is 5.75. The number of nitrogens with zero attached hydrogens (tertiary/aromatic N) is 1. The maximum Gasteiger partial charge on any atom is 0.220 e. The molecule has 0 aromatic heterocycles. The lowest BCUT2D eigenvalue weighted by atomic mass is 9.43. The van der Waals surface area contributed by atoms with E-state index in [0.29, 0.717) is 52.8 Å². The summed E-state index contributed by atoms with van der Waals surface area (Å²) in [6.07, 6.45) is 13.8. The second-order valence-electron chi connectivity index (χ2n) is 14.2. The highest BCUT2D eigenvalue weighted by atomic mass is 16.3. The molecule has 1 saturated heterocycles. The SMILES string of the molecule is C[C@H](CCC(=O)NCCCN1CCCC1)[C@H]1CC[C@H]2[C@@H]3[C@@H](O)C[C@@H]4C[C@H](O)CC[C@]4(C)[C@H]3CC[C@]12C. The van der Waals surface area contributed by atoms with Gasteiger partial charge in [-0.3, -0.25) is 4.79 Å². The number of carbonyl (C=O) groups excluding carboxylic acids is 1. The van der Waals surface area contributed by atoms with Crippen molar-refractivity contribution in [1.29, 1.82) is 0 Å². The van der Waals surface area contributed by atoms with Crippen LogP contribution in [0.1, 0.15) is 104 Å². The summed E-state index contributed by atoms with van der Waals surface area (Å²) in [6.45, 7) is 11.8. The number of nitrogens with one attached hydrogen (secondary N) is 1. The predicted octanol–water partition coefficient (Wildman–Crippen LogP) is 5.00. The van der Waals surface area contributed by atoms with Gasteiger partial charge >= 0.3 is 0 Å². The molecule has 5 nitrogen and oxygen atoms in total. The fourth-order valence-corrected chi connectivity index (χ4v) is 10.4. The second kappa shape index (κ2) is 10.8. The number of hydrogen-bond acceptors (Lipinski definition) is 4. The minimum atomic E-state index is -0.205. The van der Waals surface area contributed by atoms with Gasteiger partial charge in [0.25, 0.3) is 0 Å². The number of rotatable bonds is 8. The van der Waals surface area contributed by atoms with Crippen LogP contribution >= 0.6 is 0 Å². The Bertz CT molecular complexity index is 769. The monoisotopic (exact) mass is 502 g/mol. The molecule has 5 fully saturated rings. The summed E-state index contributed by atoms with van der Waals surface area (Å²) in [7, 11) is 0. The van der Waals surface area contributed by atoms with E-state index in [4.69, 9.17) is 0 Å².